The first-order chi connectivity index (χ1) is 11.4. The number of Topliss-reactive ketones (excluding diaryl/α,β-unsaturated/α-hetero) is 1. The van der Waals surface area contributed by atoms with E-state index in [2.05, 4.69) is 5.32 Å². The van der Waals surface area contributed by atoms with Gasteiger partial charge in [-0.3, -0.25) is 9.59 Å². The zero-order valence-corrected chi connectivity index (χ0v) is 14.9. The molecule has 0 atom stereocenters. The van der Waals surface area contributed by atoms with E-state index in [-0.39, 0.29) is 24.5 Å². The minimum atomic E-state index is -0.208. The molecule has 126 valence electrons. The van der Waals surface area contributed by atoms with Gasteiger partial charge in [0.25, 0.3) is 0 Å². The Labute approximate surface area is 147 Å². The fourth-order valence-corrected chi connectivity index (χ4v) is 2.49. The van der Waals surface area contributed by atoms with Crippen LogP contribution in [0.15, 0.2) is 42.5 Å². The topological polar surface area (TPSA) is 49.4 Å². The summed E-state index contributed by atoms with van der Waals surface area (Å²) in [5, 5.41) is 3.38. The molecule has 0 bridgehead atoms. The van der Waals surface area contributed by atoms with Crippen molar-refractivity contribution in [3.8, 4) is 0 Å². The van der Waals surface area contributed by atoms with E-state index in [4.69, 9.17) is 11.6 Å². The average molecular weight is 345 g/mol. The lowest BCUT2D eigenvalue weighted by molar-refractivity contribution is -0.116. The third-order valence-electron chi connectivity index (χ3n) is 3.67. The Morgan fingerprint density at radius 3 is 2.33 bits per heavy atom. The quantitative estimate of drug-likeness (QED) is 0.794. The van der Waals surface area contributed by atoms with Gasteiger partial charge in [-0.15, -0.1) is 0 Å². The molecule has 1 amide bonds. The third kappa shape index (κ3) is 4.83. The molecule has 4 nitrogen and oxygen atoms in total. The Morgan fingerprint density at radius 1 is 1.04 bits per heavy atom. The molecule has 0 heterocycles. The number of halogens is 1. The van der Waals surface area contributed by atoms with Crippen molar-refractivity contribution in [1.29, 1.82) is 0 Å². The van der Waals surface area contributed by atoms with Gasteiger partial charge in [0.15, 0.2) is 5.78 Å². The number of aryl methyl sites for hydroxylation is 1. The highest BCUT2D eigenvalue weighted by Crippen LogP contribution is 2.28. The minimum Gasteiger partial charge on any atom is -0.376 e. The van der Waals surface area contributed by atoms with Crippen molar-refractivity contribution >= 4 is 34.7 Å². The number of benzene rings is 2. The lowest BCUT2D eigenvalue weighted by Crippen LogP contribution is -2.17. The number of nitrogens with one attached hydrogen (secondary N) is 1. The average Bonchev–Trinajstić information content (AvgIpc) is 2.53. The van der Waals surface area contributed by atoms with Crippen LogP contribution in [0, 0.1) is 6.92 Å². The highest BCUT2D eigenvalue weighted by molar-refractivity contribution is 6.31. The number of carbonyl (C=O) groups is 2. The predicted octanol–water partition coefficient (Wildman–Crippen LogP) is 4.32. The van der Waals surface area contributed by atoms with Crippen molar-refractivity contribution in [2.75, 3.05) is 24.3 Å². The summed E-state index contributed by atoms with van der Waals surface area (Å²) in [5.74, 6) is -0.245. The van der Waals surface area contributed by atoms with Crippen molar-refractivity contribution in [2.45, 2.75) is 19.8 Å². The summed E-state index contributed by atoms with van der Waals surface area (Å²) >= 11 is 6.00. The molecule has 0 aliphatic rings. The molecule has 24 heavy (non-hydrogen) atoms. The number of hydrogen-bond acceptors (Lipinski definition) is 3. The van der Waals surface area contributed by atoms with Crippen LogP contribution in [0.3, 0.4) is 0 Å². The fourth-order valence-electron chi connectivity index (χ4n) is 2.32. The van der Waals surface area contributed by atoms with Crippen molar-refractivity contribution in [3.63, 3.8) is 0 Å². The van der Waals surface area contributed by atoms with E-state index < -0.39 is 0 Å². The van der Waals surface area contributed by atoms with Crippen LogP contribution in [-0.4, -0.2) is 25.8 Å². The molecule has 1 N–H and O–H groups in total. The molecular formula is C19H21ClN2O2. The molecule has 0 aromatic heterocycles. The van der Waals surface area contributed by atoms with Crippen LogP contribution < -0.4 is 10.2 Å². The van der Waals surface area contributed by atoms with Gasteiger partial charge in [0.05, 0.1) is 11.4 Å². The Balaban J connectivity index is 1.97. The molecule has 0 aliphatic carbocycles. The fraction of sp³-hybridized carbons (Fsp3) is 0.263. The summed E-state index contributed by atoms with van der Waals surface area (Å²) in [4.78, 5) is 26.2. The first-order valence-corrected chi connectivity index (χ1v) is 8.11. The van der Waals surface area contributed by atoms with Crippen LogP contribution in [0.25, 0.3) is 0 Å². The van der Waals surface area contributed by atoms with Crippen molar-refractivity contribution in [2.24, 2.45) is 0 Å². The monoisotopic (exact) mass is 344 g/mol. The first-order valence-electron chi connectivity index (χ1n) is 7.73. The Hall–Kier alpha value is -2.33. The number of anilines is 2. The molecule has 0 aliphatic heterocycles. The smallest absolute Gasteiger partial charge is 0.224 e. The van der Waals surface area contributed by atoms with Crippen LogP contribution >= 0.6 is 11.6 Å². The van der Waals surface area contributed by atoms with Crippen LogP contribution in [0.4, 0.5) is 11.4 Å². The predicted molar refractivity (Wildman–Crippen MR) is 99.2 cm³/mol. The van der Waals surface area contributed by atoms with Crippen LogP contribution in [-0.2, 0) is 4.79 Å². The van der Waals surface area contributed by atoms with Crippen LogP contribution in [0.2, 0.25) is 5.02 Å². The maximum atomic E-state index is 12.2. The molecule has 0 saturated carbocycles. The molecule has 2 rings (SSSR count). The molecule has 0 radical (unpaired) electrons. The second-order valence-electron chi connectivity index (χ2n) is 5.89. The van der Waals surface area contributed by atoms with Gasteiger partial charge >= 0.3 is 0 Å². The molecule has 0 spiro atoms. The summed E-state index contributed by atoms with van der Waals surface area (Å²) in [7, 11) is 3.78. The highest BCUT2D eigenvalue weighted by Gasteiger charge is 2.12. The summed E-state index contributed by atoms with van der Waals surface area (Å²) < 4.78 is 0. The van der Waals surface area contributed by atoms with Crippen molar-refractivity contribution in [1.82, 2.24) is 0 Å². The van der Waals surface area contributed by atoms with E-state index in [0.717, 1.165) is 11.3 Å². The highest BCUT2D eigenvalue weighted by atomic mass is 35.5. The van der Waals surface area contributed by atoms with E-state index >= 15 is 0 Å². The third-order valence-corrected chi connectivity index (χ3v) is 3.90. The SMILES string of the molecule is Cc1ccc(C(=O)CCC(=O)Nc2cc(Cl)ccc2N(C)C)cc1. The number of hydrogen-bond donors (Lipinski definition) is 1. The van der Waals surface area contributed by atoms with Gasteiger partial charge in [-0.1, -0.05) is 41.4 Å². The number of ketones is 1. The Kier molecular flexibility index (Phi) is 5.99. The molecule has 0 fully saturated rings. The van der Waals surface area contributed by atoms with Gasteiger partial charge in [0, 0.05) is 37.5 Å². The van der Waals surface area contributed by atoms with E-state index in [0.29, 0.717) is 16.3 Å². The van der Waals surface area contributed by atoms with Crippen LogP contribution in [0.5, 0.6) is 0 Å². The Bertz CT molecular complexity index is 740. The second kappa shape index (κ2) is 7.97. The molecule has 0 saturated heterocycles. The van der Waals surface area contributed by atoms with Gasteiger partial charge in [-0.25, -0.2) is 0 Å². The number of carbonyl (C=O) groups excluding carboxylic acids is 2. The number of rotatable bonds is 6. The normalized spacial score (nSPS) is 10.3. The van der Waals surface area contributed by atoms with Gasteiger partial charge in [0.1, 0.15) is 0 Å². The van der Waals surface area contributed by atoms with E-state index in [1.165, 1.54) is 0 Å². The van der Waals surface area contributed by atoms with Crippen molar-refractivity contribution in [3.05, 3.63) is 58.6 Å². The van der Waals surface area contributed by atoms with E-state index in [1.807, 2.05) is 44.1 Å². The summed E-state index contributed by atoms with van der Waals surface area (Å²) in [5.41, 5.74) is 3.23. The van der Waals surface area contributed by atoms with Gasteiger partial charge < -0.3 is 10.2 Å². The van der Waals surface area contributed by atoms with E-state index in [1.54, 1.807) is 24.3 Å². The Morgan fingerprint density at radius 2 is 1.71 bits per heavy atom. The summed E-state index contributed by atoms with van der Waals surface area (Å²) in [6.07, 6.45) is 0.304. The maximum Gasteiger partial charge on any atom is 0.224 e. The zero-order chi connectivity index (χ0) is 17.7. The molecule has 0 unspecified atom stereocenters. The zero-order valence-electron chi connectivity index (χ0n) is 14.1. The number of amides is 1. The van der Waals surface area contributed by atoms with Gasteiger partial charge in [0.2, 0.25) is 5.91 Å². The van der Waals surface area contributed by atoms with Crippen molar-refractivity contribution < 1.29 is 9.59 Å². The molecular weight excluding hydrogens is 324 g/mol. The van der Waals surface area contributed by atoms with Crippen LogP contribution in [0.1, 0.15) is 28.8 Å². The maximum absolute atomic E-state index is 12.2. The minimum absolute atomic E-state index is 0.0379. The van der Waals surface area contributed by atoms with Gasteiger partial charge in [-0.2, -0.15) is 0 Å². The molecule has 5 heteroatoms. The lowest BCUT2D eigenvalue weighted by Gasteiger charge is -2.18. The molecule has 2 aromatic rings. The molecule has 2 aromatic carbocycles. The standard InChI is InChI=1S/C19H21ClN2O2/c1-13-4-6-14(7-5-13)18(23)10-11-19(24)21-16-12-15(20)8-9-17(16)22(2)3/h4-9,12H,10-11H2,1-3H3,(H,21,24). The largest absolute Gasteiger partial charge is 0.376 e. The van der Waals surface area contributed by atoms with Gasteiger partial charge in [-0.05, 0) is 25.1 Å². The lowest BCUT2D eigenvalue weighted by atomic mass is 10.0. The first kappa shape index (κ1) is 18.0. The summed E-state index contributed by atoms with van der Waals surface area (Å²) in [6, 6.07) is 12.7. The van der Waals surface area contributed by atoms with E-state index in [9.17, 15) is 9.59 Å². The second-order valence-corrected chi connectivity index (χ2v) is 6.33. The summed E-state index contributed by atoms with van der Waals surface area (Å²) in [6.45, 7) is 1.97. The number of nitrogens with zero attached hydrogens (tertiary/aromatic N) is 1.